The van der Waals surface area contributed by atoms with E-state index in [2.05, 4.69) is 5.32 Å². The fraction of sp³-hybridized carbons (Fsp3) is 0.133. The number of benzene rings is 2. The maximum absolute atomic E-state index is 13.5. The van der Waals surface area contributed by atoms with Gasteiger partial charge >= 0.3 is 12.3 Å². The van der Waals surface area contributed by atoms with Gasteiger partial charge in [-0.1, -0.05) is 30.3 Å². The smallest absolute Gasteiger partial charge is 0.419 e. The van der Waals surface area contributed by atoms with Crippen molar-refractivity contribution in [3.05, 3.63) is 63.0 Å². The predicted molar refractivity (Wildman–Crippen MR) is 84.4 cm³/mol. The molecule has 1 N–H and O–H groups in total. The minimum Gasteiger partial charge on any atom is -0.444 e. The number of rotatable bonds is 3. The van der Waals surface area contributed by atoms with Gasteiger partial charge < -0.3 is 4.74 Å². The van der Waals surface area contributed by atoms with E-state index < -0.39 is 23.7 Å². The van der Waals surface area contributed by atoms with Crippen LogP contribution >= 0.6 is 22.6 Å². The number of nitrogens with one attached hydrogen (secondary N) is 1. The van der Waals surface area contributed by atoms with E-state index in [0.717, 1.165) is 5.56 Å². The van der Waals surface area contributed by atoms with Gasteiger partial charge in [-0.05, 0) is 40.3 Å². The van der Waals surface area contributed by atoms with Gasteiger partial charge in [-0.15, -0.1) is 0 Å². The van der Waals surface area contributed by atoms with Crippen molar-refractivity contribution < 1.29 is 27.1 Å². The molecule has 0 aliphatic heterocycles. The molecule has 2 aromatic rings. The highest BCUT2D eigenvalue weighted by molar-refractivity contribution is 14.1. The second kappa shape index (κ2) is 7.16. The standard InChI is InChI=1S/C15H10F4INO2/c16-11-7-13(12(20)6-10(11)15(17,18)19)21-14(22)23-8-9-4-2-1-3-5-9/h1-7H,8H2,(H,21,22). The number of carbonyl (C=O) groups excluding carboxylic acids is 1. The summed E-state index contributed by atoms with van der Waals surface area (Å²) in [5, 5.41) is 2.22. The van der Waals surface area contributed by atoms with E-state index in [1.54, 1.807) is 52.9 Å². The van der Waals surface area contributed by atoms with Crippen molar-refractivity contribution in [2.75, 3.05) is 5.32 Å². The monoisotopic (exact) mass is 439 g/mol. The summed E-state index contributed by atoms with van der Waals surface area (Å²) in [6.07, 6.45) is -5.68. The lowest BCUT2D eigenvalue weighted by atomic mass is 10.2. The third-order valence-corrected chi connectivity index (χ3v) is 3.70. The van der Waals surface area contributed by atoms with Crippen LogP contribution in [0.1, 0.15) is 11.1 Å². The fourth-order valence-corrected chi connectivity index (χ4v) is 2.33. The van der Waals surface area contributed by atoms with E-state index in [9.17, 15) is 22.4 Å². The van der Waals surface area contributed by atoms with E-state index in [4.69, 9.17) is 4.74 Å². The summed E-state index contributed by atoms with van der Waals surface area (Å²) in [5.74, 6) is -1.46. The first-order valence-corrected chi connectivity index (χ1v) is 7.39. The van der Waals surface area contributed by atoms with Gasteiger partial charge in [0.2, 0.25) is 0 Å². The average Bonchev–Trinajstić information content (AvgIpc) is 2.48. The molecule has 0 radical (unpaired) electrons. The number of halogens is 5. The van der Waals surface area contributed by atoms with Crippen molar-refractivity contribution in [1.82, 2.24) is 0 Å². The molecular formula is C15H10F4INO2. The third kappa shape index (κ3) is 4.81. The lowest BCUT2D eigenvalue weighted by Crippen LogP contribution is -2.16. The van der Waals surface area contributed by atoms with E-state index >= 15 is 0 Å². The molecule has 122 valence electrons. The van der Waals surface area contributed by atoms with Crippen molar-refractivity contribution in [3.8, 4) is 0 Å². The number of hydrogen-bond acceptors (Lipinski definition) is 2. The lowest BCUT2D eigenvalue weighted by Gasteiger charge is -2.12. The predicted octanol–water partition coefficient (Wildman–Crippen LogP) is 5.20. The van der Waals surface area contributed by atoms with Gasteiger partial charge in [0.25, 0.3) is 0 Å². The number of alkyl halides is 3. The topological polar surface area (TPSA) is 38.3 Å². The molecule has 2 aromatic carbocycles. The summed E-state index contributed by atoms with van der Waals surface area (Å²) in [7, 11) is 0. The van der Waals surface area contributed by atoms with Crippen LogP contribution < -0.4 is 5.32 Å². The van der Waals surface area contributed by atoms with Crippen LogP contribution in [-0.2, 0) is 17.5 Å². The largest absolute Gasteiger partial charge is 0.444 e. The molecule has 0 bridgehead atoms. The molecule has 1 amide bonds. The highest BCUT2D eigenvalue weighted by atomic mass is 127. The van der Waals surface area contributed by atoms with Gasteiger partial charge in [-0.2, -0.15) is 13.2 Å². The van der Waals surface area contributed by atoms with E-state index in [1.165, 1.54) is 0 Å². The molecule has 3 nitrogen and oxygen atoms in total. The van der Waals surface area contributed by atoms with E-state index in [1.807, 2.05) is 0 Å². The fourth-order valence-electron chi connectivity index (χ4n) is 1.73. The summed E-state index contributed by atoms with van der Waals surface area (Å²) in [4.78, 5) is 11.6. The van der Waals surface area contributed by atoms with Crippen LogP contribution in [0, 0.1) is 9.39 Å². The molecule has 0 aromatic heterocycles. The summed E-state index contributed by atoms with van der Waals surface area (Å²) in [5.41, 5.74) is -0.727. The van der Waals surface area contributed by atoms with Gasteiger partial charge in [-0.3, -0.25) is 5.32 Å². The van der Waals surface area contributed by atoms with Crippen molar-refractivity contribution in [2.45, 2.75) is 12.8 Å². The van der Waals surface area contributed by atoms with Crippen LogP contribution in [0.25, 0.3) is 0 Å². The molecule has 0 atom stereocenters. The minimum atomic E-state index is -4.80. The van der Waals surface area contributed by atoms with Crippen LogP contribution in [0.2, 0.25) is 0 Å². The Morgan fingerprint density at radius 3 is 2.43 bits per heavy atom. The molecule has 0 aliphatic rings. The highest BCUT2D eigenvalue weighted by Crippen LogP contribution is 2.34. The van der Waals surface area contributed by atoms with Crippen LogP contribution in [0.4, 0.5) is 28.0 Å². The van der Waals surface area contributed by atoms with E-state index in [-0.39, 0.29) is 15.9 Å². The lowest BCUT2D eigenvalue weighted by molar-refractivity contribution is -0.140. The van der Waals surface area contributed by atoms with Crippen molar-refractivity contribution >= 4 is 34.4 Å². The Kier molecular flexibility index (Phi) is 5.45. The van der Waals surface area contributed by atoms with Gasteiger partial charge in [0.1, 0.15) is 12.4 Å². The quantitative estimate of drug-likeness (QED) is 0.528. The second-order valence-corrected chi connectivity index (χ2v) is 5.66. The Morgan fingerprint density at radius 1 is 1.17 bits per heavy atom. The second-order valence-electron chi connectivity index (χ2n) is 4.50. The van der Waals surface area contributed by atoms with Crippen LogP contribution in [0.3, 0.4) is 0 Å². The van der Waals surface area contributed by atoms with Crippen LogP contribution in [0.5, 0.6) is 0 Å². The summed E-state index contributed by atoms with van der Waals surface area (Å²) in [6, 6.07) is 10.1. The van der Waals surface area contributed by atoms with Gasteiger partial charge in [0.15, 0.2) is 0 Å². The molecule has 0 unspecified atom stereocenters. The molecule has 0 saturated carbocycles. The Balaban J connectivity index is 2.05. The highest BCUT2D eigenvalue weighted by Gasteiger charge is 2.34. The first-order chi connectivity index (χ1) is 10.8. The van der Waals surface area contributed by atoms with Crippen LogP contribution in [-0.4, -0.2) is 6.09 Å². The maximum atomic E-state index is 13.5. The molecule has 0 fully saturated rings. The number of hydrogen-bond donors (Lipinski definition) is 1. The van der Waals surface area contributed by atoms with Gasteiger partial charge in [0, 0.05) is 3.57 Å². The maximum Gasteiger partial charge on any atom is 0.419 e. The Morgan fingerprint density at radius 2 is 1.83 bits per heavy atom. The molecule has 0 spiro atoms. The number of carbonyl (C=O) groups is 1. The first kappa shape index (κ1) is 17.5. The zero-order valence-electron chi connectivity index (χ0n) is 11.5. The normalized spacial score (nSPS) is 11.2. The molecular weight excluding hydrogens is 429 g/mol. The summed E-state index contributed by atoms with van der Waals surface area (Å²) >= 11 is 1.58. The molecule has 2 rings (SSSR count). The van der Waals surface area contributed by atoms with Gasteiger partial charge in [-0.25, -0.2) is 9.18 Å². The molecule has 0 aliphatic carbocycles. The number of anilines is 1. The van der Waals surface area contributed by atoms with E-state index in [0.29, 0.717) is 12.1 Å². The first-order valence-electron chi connectivity index (χ1n) is 6.31. The summed E-state index contributed by atoms with van der Waals surface area (Å²) < 4.78 is 56.2. The number of ether oxygens (including phenoxy) is 1. The zero-order chi connectivity index (χ0) is 17.0. The SMILES string of the molecule is O=C(Nc1cc(F)c(C(F)(F)F)cc1I)OCc1ccccc1. The average molecular weight is 439 g/mol. The minimum absolute atomic E-state index is 0.00757. The molecule has 23 heavy (non-hydrogen) atoms. The third-order valence-electron chi connectivity index (χ3n) is 2.81. The van der Waals surface area contributed by atoms with Crippen molar-refractivity contribution in [2.24, 2.45) is 0 Å². The van der Waals surface area contributed by atoms with Crippen LogP contribution in [0.15, 0.2) is 42.5 Å². The Bertz CT molecular complexity index is 705. The Hall–Kier alpha value is -1.84. The Labute approximate surface area is 142 Å². The molecule has 0 saturated heterocycles. The number of amides is 1. The summed E-state index contributed by atoms with van der Waals surface area (Å²) in [6.45, 7) is -0.00757. The van der Waals surface area contributed by atoms with Crippen molar-refractivity contribution in [1.29, 1.82) is 0 Å². The molecule has 8 heteroatoms. The van der Waals surface area contributed by atoms with Crippen molar-refractivity contribution in [3.63, 3.8) is 0 Å². The van der Waals surface area contributed by atoms with Gasteiger partial charge in [0.05, 0.1) is 11.3 Å². The zero-order valence-corrected chi connectivity index (χ0v) is 13.6. The molecule has 0 heterocycles.